The summed E-state index contributed by atoms with van der Waals surface area (Å²) in [5.41, 5.74) is 10.6. The monoisotopic (exact) mass is 287 g/mol. The molecule has 1 heterocycles. The Morgan fingerprint density at radius 2 is 1.65 bits per heavy atom. The van der Waals surface area contributed by atoms with Crippen LogP contribution in [0.25, 0.3) is 0 Å². The van der Waals surface area contributed by atoms with Crippen LogP contribution in [-0.2, 0) is 6.54 Å². The molecule has 0 saturated carbocycles. The second-order valence-corrected chi connectivity index (χ2v) is 4.37. The first-order valence-corrected chi connectivity index (χ1v) is 7.08. The van der Waals surface area contributed by atoms with Crippen molar-refractivity contribution in [3.8, 4) is 0 Å². The van der Waals surface area contributed by atoms with E-state index in [0.717, 1.165) is 32.5 Å². The quantitative estimate of drug-likeness (QED) is 0.432. The summed E-state index contributed by atoms with van der Waals surface area (Å²) in [5, 5.41) is 17.2. The van der Waals surface area contributed by atoms with Crippen molar-refractivity contribution in [2.75, 3.05) is 45.9 Å². The van der Waals surface area contributed by atoms with Crippen LogP contribution in [0.3, 0.4) is 0 Å². The van der Waals surface area contributed by atoms with E-state index in [1.165, 1.54) is 0 Å². The Morgan fingerprint density at radius 1 is 1.00 bits per heavy atom. The minimum atomic E-state index is 0.143. The van der Waals surface area contributed by atoms with Crippen molar-refractivity contribution < 1.29 is 10.2 Å². The number of rotatable bonds is 10. The molecule has 0 atom stereocenters. The van der Waals surface area contributed by atoms with Crippen LogP contribution in [0, 0.1) is 0 Å². The maximum absolute atomic E-state index is 8.61. The Kier molecular flexibility index (Phi) is 13.7. The van der Waals surface area contributed by atoms with Crippen LogP contribution < -0.4 is 11.5 Å². The summed E-state index contributed by atoms with van der Waals surface area (Å²) in [6.45, 7) is 4.79. The topological polar surface area (TPSA) is 114 Å². The lowest BCUT2D eigenvalue weighted by molar-refractivity contribution is 0.160. The highest BCUT2D eigenvalue weighted by Gasteiger charge is 2.00. The highest BCUT2D eigenvalue weighted by molar-refractivity contribution is 4.73. The van der Waals surface area contributed by atoms with Crippen molar-refractivity contribution in [3.63, 3.8) is 0 Å². The molecule has 6 N–H and O–H groups in total. The first-order chi connectivity index (χ1) is 9.78. The molecule has 1 rings (SSSR count). The fraction of sp³-hybridized carbons (Fsp3) is 0.769. The van der Waals surface area contributed by atoms with Gasteiger partial charge in [0.25, 0.3) is 0 Å². The van der Waals surface area contributed by atoms with Gasteiger partial charge in [-0.05, 0) is 32.5 Å². The highest BCUT2D eigenvalue weighted by Crippen LogP contribution is 1.88. The molecule has 0 aliphatic heterocycles. The summed E-state index contributed by atoms with van der Waals surface area (Å²) in [5.74, 6) is 0. The van der Waals surface area contributed by atoms with Gasteiger partial charge in [-0.2, -0.15) is 0 Å². The van der Waals surface area contributed by atoms with E-state index in [1.54, 1.807) is 12.5 Å². The lowest BCUT2D eigenvalue weighted by Gasteiger charge is -2.19. The molecule has 0 aliphatic rings. The molecule has 0 spiro atoms. The van der Waals surface area contributed by atoms with Gasteiger partial charge < -0.3 is 26.2 Å². The van der Waals surface area contributed by atoms with Gasteiger partial charge in [-0.3, -0.25) is 4.90 Å². The maximum Gasteiger partial charge on any atom is 0.0945 e. The number of hydrogen-bond donors (Lipinski definition) is 4. The van der Waals surface area contributed by atoms with Gasteiger partial charge in [0, 0.05) is 32.0 Å². The Balaban J connectivity index is 0.000000367. The zero-order valence-electron chi connectivity index (χ0n) is 12.2. The van der Waals surface area contributed by atoms with Crippen molar-refractivity contribution in [2.45, 2.75) is 19.4 Å². The Labute approximate surface area is 121 Å². The number of aliphatic hydroxyl groups excluding tert-OH is 2. The van der Waals surface area contributed by atoms with Crippen LogP contribution in [-0.4, -0.2) is 70.6 Å². The van der Waals surface area contributed by atoms with Crippen molar-refractivity contribution >= 4 is 0 Å². The third kappa shape index (κ3) is 10.9. The van der Waals surface area contributed by atoms with Crippen LogP contribution in [0.5, 0.6) is 0 Å². The zero-order chi connectivity index (χ0) is 15.1. The molecule has 0 bridgehead atoms. The van der Waals surface area contributed by atoms with E-state index in [4.69, 9.17) is 21.7 Å². The lowest BCUT2D eigenvalue weighted by atomic mass is 10.3. The molecule has 0 aromatic carbocycles. The van der Waals surface area contributed by atoms with E-state index >= 15 is 0 Å². The second-order valence-electron chi connectivity index (χ2n) is 4.37. The van der Waals surface area contributed by atoms with E-state index in [2.05, 4.69) is 4.98 Å². The number of aliphatic hydroxyl groups is 2. The fourth-order valence-electron chi connectivity index (χ4n) is 1.63. The van der Waals surface area contributed by atoms with Crippen molar-refractivity contribution in [2.24, 2.45) is 11.5 Å². The van der Waals surface area contributed by atoms with Gasteiger partial charge >= 0.3 is 0 Å². The largest absolute Gasteiger partial charge is 0.395 e. The van der Waals surface area contributed by atoms with E-state index in [-0.39, 0.29) is 13.2 Å². The Hall–Kier alpha value is -0.990. The molecule has 0 unspecified atom stereocenters. The first kappa shape index (κ1) is 19.0. The average Bonchev–Trinajstić information content (AvgIpc) is 2.97. The van der Waals surface area contributed by atoms with Gasteiger partial charge in [0.1, 0.15) is 0 Å². The summed E-state index contributed by atoms with van der Waals surface area (Å²) in [6.07, 6.45) is 7.46. The SMILES string of the molecule is NCCCN(CCO)CCO.NCCCn1ccnc1. The summed E-state index contributed by atoms with van der Waals surface area (Å²) in [7, 11) is 0. The predicted molar refractivity (Wildman–Crippen MR) is 80.2 cm³/mol. The minimum absolute atomic E-state index is 0.143. The van der Waals surface area contributed by atoms with E-state index in [9.17, 15) is 0 Å². The summed E-state index contributed by atoms with van der Waals surface area (Å²) in [6, 6.07) is 0. The minimum Gasteiger partial charge on any atom is -0.395 e. The number of aryl methyl sites for hydroxylation is 1. The molecule has 7 nitrogen and oxygen atoms in total. The number of aromatic nitrogens is 2. The van der Waals surface area contributed by atoms with Crippen molar-refractivity contribution in [1.29, 1.82) is 0 Å². The van der Waals surface area contributed by atoms with Gasteiger partial charge in [0.2, 0.25) is 0 Å². The summed E-state index contributed by atoms with van der Waals surface area (Å²) in [4.78, 5) is 5.89. The molecular weight excluding hydrogens is 258 g/mol. The molecule has 1 aromatic rings. The highest BCUT2D eigenvalue weighted by atomic mass is 16.3. The Bertz CT molecular complexity index is 276. The number of nitrogens with two attached hydrogens (primary N) is 2. The van der Waals surface area contributed by atoms with Gasteiger partial charge in [-0.1, -0.05) is 0 Å². The molecule has 0 fully saturated rings. The molecular formula is C13H29N5O2. The van der Waals surface area contributed by atoms with Gasteiger partial charge in [-0.15, -0.1) is 0 Å². The Morgan fingerprint density at radius 3 is 2.10 bits per heavy atom. The van der Waals surface area contributed by atoms with Crippen LogP contribution in [0.2, 0.25) is 0 Å². The normalized spacial score (nSPS) is 10.4. The molecule has 7 heteroatoms. The smallest absolute Gasteiger partial charge is 0.0945 e. The van der Waals surface area contributed by atoms with Crippen molar-refractivity contribution in [3.05, 3.63) is 18.7 Å². The van der Waals surface area contributed by atoms with E-state index in [0.29, 0.717) is 19.6 Å². The number of nitrogens with zero attached hydrogens (tertiary/aromatic N) is 3. The van der Waals surface area contributed by atoms with Gasteiger partial charge in [0.05, 0.1) is 19.5 Å². The van der Waals surface area contributed by atoms with Crippen LogP contribution >= 0.6 is 0 Å². The standard InChI is InChI=1S/C7H18N2O2.C6H11N3/c8-2-1-3-9(4-6-10)5-7-11;7-2-1-4-9-5-3-8-6-9/h10-11H,1-8H2;3,5-6H,1-2,4,7H2. The zero-order valence-corrected chi connectivity index (χ0v) is 12.2. The molecule has 0 radical (unpaired) electrons. The number of imidazole rings is 1. The van der Waals surface area contributed by atoms with Crippen LogP contribution in [0.4, 0.5) is 0 Å². The van der Waals surface area contributed by atoms with Gasteiger partial charge in [-0.25, -0.2) is 4.98 Å². The number of hydrogen-bond acceptors (Lipinski definition) is 6. The van der Waals surface area contributed by atoms with E-state index in [1.807, 2.05) is 15.7 Å². The summed E-state index contributed by atoms with van der Waals surface area (Å²) < 4.78 is 2.02. The molecule has 0 amide bonds. The molecule has 0 saturated heterocycles. The summed E-state index contributed by atoms with van der Waals surface area (Å²) >= 11 is 0. The molecule has 1 aromatic heterocycles. The molecule has 0 aliphatic carbocycles. The van der Waals surface area contributed by atoms with Gasteiger partial charge in [0.15, 0.2) is 0 Å². The predicted octanol–water partition coefficient (Wildman–Crippen LogP) is -1.15. The fourth-order valence-corrected chi connectivity index (χ4v) is 1.63. The van der Waals surface area contributed by atoms with Crippen molar-refractivity contribution in [1.82, 2.24) is 14.5 Å². The second kappa shape index (κ2) is 14.4. The van der Waals surface area contributed by atoms with Crippen LogP contribution in [0.15, 0.2) is 18.7 Å². The van der Waals surface area contributed by atoms with Crippen LogP contribution in [0.1, 0.15) is 12.8 Å². The molecule has 118 valence electrons. The van der Waals surface area contributed by atoms with E-state index < -0.39 is 0 Å². The maximum atomic E-state index is 8.61. The average molecular weight is 287 g/mol. The third-order valence-electron chi connectivity index (χ3n) is 2.69. The first-order valence-electron chi connectivity index (χ1n) is 7.08. The third-order valence-corrected chi connectivity index (χ3v) is 2.69. The molecule has 20 heavy (non-hydrogen) atoms. The lowest BCUT2D eigenvalue weighted by Crippen LogP contribution is -2.31.